The largest absolute Gasteiger partial charge is 0.497 e. The smallest absolute Gasteiger partial charge is 0.114 e. The molecule has 0 aliphatic heterocycles. The first kappa shape index (κ1) is 6.87. The average Bonchev–Trinajstić information content (AvgIpc) is 1.90. The lowest BCUT2D eigenvalue weighted by Crippen LogP contribution is -1.90. The molecule has 0 bridgehead atoms. The fraction of sp³-hybridized carbons (Fsp3) is 0.286. The van der Waals surface area contributed by atoms with Crippen LogP contribution in [-0.2, 0) is 4.74 Å². The standard InChI is InChI=1S/C7H8BrO/c1-9-7-4-2-6(8)3-5-7/h2,4-5H,3H2,1H3. The first-order valence-corrected chi connectivity index (χ1v) is 3.56. The van der Waals surface area contributed by atoms with Crippen molar-refractivity contribution in [1.29, 1.82) is 0 Å². The molecular formula is C7H8BrO. The van der Waals surface area contributed by atoms with Crippen molar-refractivity contribution in [2.24, 2.45) is 0 Å². The van der Waals surface area contributed by atoms with Gasteiger partial charge in [0.1, 0.15) is 5.76 Å². The molecule has 1 nitrogen and oxygen atoms in total. The molecule has 2 heteroatoms. The SMILES string of the molecule is COC1=CC[C](Br)C=C1. The molecule has 1 aliphatic rings. The Bertz CT molecular complexity index is 149. The Kier molecular flexibility index (Phi) is 2.34. The van der Waals surface area contributed by atoms with Gasteiger partial charge in [-0.3, -0.25) is 0 Å². The fourth-order valence-corrected chi connectivity index (χ4v) is 0.952. The molecule has 0 N–H and O–H groups in total. The molecule has 0 atom stereocenters. The van der Waals surface area contributed by atoms with Gasteiger partial charge in [0, 0.05) is 0 Å². The summed E-state index contributed by atoms with van der Waals surface area (Å²) in [6.07, 6.45) is 6.91. The maximum Gasteiger partial charge on any atom is 0.114 e. The van der Waals surface area contributed by atoms with Crippen LogP contribution in [0.1, 0.15) is 6.42 Å². The summed E-state index contributed by atoms with van der Waals surface area (Å²) in [5.74, 6) is 0.943. The highest BCUT2D eigenvalue weighted by atomic mass is 79.9. The third kappa shape index (κ3) is 1.86. The molecule has 0 spiro atoms. The molecular weight excluding hydrogens is 180 g/mol. The van der Waals surface area contributed by atoms with Crippen LogP contribution < -0.4 is 0 Å². The fourth-order valence-electron chi connectivity index (χ4n) is 0.658. The quantitative estimate of drug-likeness (QED) is 0.613. The van der Waals surface area contributed by atoms with Crippen molar-refractivity contribution < 1.29 is 4.74 Å². The molecule has 0 heterocycles. The molecule has 49 valence electrons. The first-order chi connectivity index (χ1) is 4.33. The maximum atomic E-state index is 4.98. The zero-order valence-corrected chi connectivity index (χ0v) is 6.81. The normalized spacial score (nSPS) is 19.6. The third-order valence-corrected chi connectivity index (χ3v) is 1.75. The van der Waals surface area contributed by atoms with Crippen LogP contribution >= 0.6 is 15.9 Å². The van der Waals surface area contributed by atoms with Gasteiger partial charge in [0.15, 0.2) is 0 Å². The summed E-state index contributed by atoms with van der Waals surface area (Å²) >= 11 is 3.37. The Morgan fingerprint density at radius 1 is 1.56 bits per heavy atom. The molecule has 0 saturated carbocycles. The van der Waals surface area contributed by atoms with Crippen molar-refractivity contribution >= 4 is 15.9 Å². The van der Waals surface area contributed by atoms with Crippen LogP contribution in [0.25, 0.3) is 0 Å². The minimum absolute atomic E-state index is 0.943. The van der Waals surface area contributed by atoms with E-state index in [0.717, 1.165) is 12.2 Å². The predicted octanol–water partition coefficient (Wildman–Crippen LogP) is 2.40. The van der Waals surface area contributed by atoms with E-state index in [2.05, 4.69) is 15.9 Å². The van der Waals surface area contributed by atoms with Gasteiger partial charge in [-0.1, -0.05) is 22.0 Å². The second-order valence-corrected chi connectivity index (χ2v) is 2.81. The number of ether oxygens (including phenoxy) is 1. The van der Waals surface area contributed by atoms with Crippen molar-refractivity contribution in [3.63, 3.8) is 0 Å². The van der Waals surface area contributed by atoms with Crippen LogP contribution in [0.15, 0.2) is 24.0 Å². The molecule has 9 heavy (non-hydrogen) atoms. The second kappa shape index (κ2) is 3.06. The van der Waals surface area contributed by atoms with Crippen molar-refractivity contribution in [1.82, 2.24) is 0 Å². The molecule has 0 unspecified atom stereocenters. The van der Waals surface area contributed by atoms with Gasteiger partial charge in [-0.15, -0.1) is 0 Å². The van der Waals surface area contributed by atoms with Gasteiger partial charge >= 0.3 is 0 Å². The van der Waals surface area contributed by atoms with Gasteiger partial charge in [0.25, 0.3) is 0 Å². The van der Waals surface area contributed by atoms with Crippen LogP contribution in [0, 0.1) is 4.83 Å². The van der Waals surface area contributed by atoms with E-state index in [1.807, 2.05) is 18.2 Å². The third-order valence-electron chi connectivity index (χ3n) is 1.16. The molecule has 0 fully saturated rings. The van der Waals surface area contributed by atoms with E-state index in [4.69, 9.17) is 4.74 Å². The highest BCUT2D eigenvalue weighted by molar-refractivity contribution is 9.11. The van der Waals surface area contributed by atoms with Gasteiger partial charge in [0.05, 0.1) is 11.9 Å². The zero-order chi connectivity index (χ0) is 6.69. The van der Waals surface area contributed by atoms with Crippen molar-refractivity contribution in [3.8, 4) is 0 Å². The number of hydrogen-bond donors (Lipinski definition) is 0. The van der Waals surface area contributed by atoms with Crippen molar-refractivity contribution in [2.75, 3.05) is 7.11 Å². The minimum Gasteiger partial charge on any atom is -0.497 e. The molecule has 0 aromatic carbocycles. The summed E-state index contributed by atoms with van der Waals surface area (Å²) in [6.45, 7) is 0. The predicted molar refractivity (Wildman–Crippen MR) is 41.0 cm³/mol. The topological polar surface area (TPSA) is 9.23 Å². The van der Waals surface area contributed by atoms with Crippen molar-refractivity contribution in [3.05, 3.63) is 28.8 Å². The number of allylic oxidation sites excluding steroid dienone is 3. The monoisotopic (exact) mass is 187 g/mol. The first-order valence-electron chi connectivity index (χ1n) is 2.76. The Balaban J connectivity index is 2.52. The van der Waals surface area contributed by atoms with E-state index >= 15 is 0 Å². The summed E-state index contributed by atoms with van der Waals surface area (Å²) in [7, 11) is 1.68. The number of methoxy groups -OCH3 is 1. The van der Waals surface area contributed by atoms with Crippen LogP contribution in [-0.4, -0.2) is 7.11 Å². The molecule has 1 aliphatic carbocycles. The van der Waals surface area contributed by atoms with Gasteiger partial charge in [-0.05, 0) is 18.6 Å². The van der Waals surface area contributed by atoms with E-state index in [0.29, 0.717) is 0 Å². The van der Waals surface area contributed by atoms with Crippen LogP contribution in [0.3, 0.4) is 0 Å². The number of halogens is 1. The summed E-state index contributed by atoms with van der Waals surface area (Å²) in [5.41, 5.74) is 0. The van der Waals surface area contributed by atoms with Crippen LogP contribution in [0.4, 0.5) is 0 Å². The highest BCUT2D eigenvalue weighted by Crippen LogP contribution is 2.23. The van der Waals surface area contributed by atoms with Gasteiger partial charge in [0.2, 0.25) is 0 Å². The highest BCUT2D eigenvalue weighted by Gasteiger charge is 2.03. The summed E-state index contributed by atoms with van der Waals surface area (Å²) in [6, 6.07) is 0. The lowest BCUT2D eigenvalue weighted by atomic mass is 10.2. The molecule has 0 saturated heterocycles. The Morgan fingerprint density at radius 2 is 2.33 bits per heavy atom. The molecule has 0 aromatic heterocycles. The Hall–Kier alpha value is -0.240. The average molecular weight is 188 g/mol. The zero-order valence-electron chi connectivity index (χ0n) is 5.23. The van der Waals surface area contributed by atoms with Crippen LogP contribution in [0.5, 0.6) is 0 Å². The molecule has 0 amide bonds. The minimum atomic E-state index is 0.943. The van der Waals surface area contributed by atoms with Gasteiger partial charge in [-0.2, -0.15) is 0 Å². The summed E-state index contributed by atoms with van der Waals surface area (Å²) in [5, 5.41) is 0. The summed E-state index contributed by atoms with van der Waals surface area (Å²) in [4.78, 5) is 1.20. The van der Waals surface area contributed by atoms with E-state index in [9.17, 15) is 0 Å². The Morgan fingerprint density at radius 3 is 2.78 bits per heavy atom. The van der Waals surface area contributed by atoms with Gasteiger partial charge in [-0.25, -0.2) is 0 Å². The van der Waals surface area contributed by atoms with Crippen molar-refractivity contribution in [2.45, 2.75) is 6.42 Å². The van der Waals surface area contributed by atoms with Gasteiger partial charge < -0.3 is 4.74 Å². The molecule has 1 rings (SSSR count). The molecule has 1 radical (unpaired) electrons. The van der Waals surface area contributed by atoms with E-state index in [-0.39, 0.29) is 0 Å². The van der Waals surface area contributed by atoms with E-state index < -0.39 is 0 Å². The second-order valence-electron chi connectivity index (χ2n) is 1.79. The Labute approximate surface area is 63.5 Å². The van der Waals surface area contributed by atoms with Crippen LogP contribution in [0.2, 0.25) is 0 Å². The van der Waals surface area contributed by atoms with E-state index in [1.54, 1.807) is 7.11 Å². The maximum absolute atomic E-state index is 4.98. The summed E-state index contributed by atoms with van der Waals surface area (Å²) < 4.78 is 4.98. The number of rotatable bonds is 1. The molecule has 0 aromatic rings. The number of hydrogen-bond acceptors (Lipinski definition) is 1. The van der Waals surface area contributed by atoms with E-state index in [1.165, 1.54) is 4.83 Å². The lowest BCUT2D eigenvalue weighted by Gasteiger charge is -2.07. The lowest BCUT2D eigenvalue weighted by molar-refractivity contribution is 0.304.